The van der Waals surface area contributed by atoms with Gasteiger partial charge in [0.2, 0.25) is 5.91 Å². The molecule has 0 radical (unpaired) electrons. The van der Waals surface area contributed by atoms with Gasteiger partial charge in [0.15, 0.2) is 0 Å². The third kappa shape index (κ3) is 3.53. The Morgan fingerprint density at radius 1 is 1.48 bits per heavy atom. The molecule has 1 aliphatic heterocycles. The molecule has 3 amide bonds. The van der Waals surface area contributed by atoms with Crippen LogP contribution in [0.5, 0.6) is 0 Å². The summed E-state index contributed by atoms with van der Waals surface area (Å²) in [5, 5.41) is 6.92. The number of nitrogens with one attached hydrogen (secondary N) is 1. The van der Waals surface area contributed by atoms with Crippen molar-refractivity contribution >= 4 is 11.9 Å². The van der Waals surface area contributed by atoms with E-state index in [9.17, 15) is 9.59 Å². The second kappa shape index (κ2) is 6.15. The number of hydrogen-bond acceptors (Lipinski definition) is 3. The number of nitrogens with zero attached hydrogens (tertiary/aromatic N) is 4. The van der Waals surface area contributed by atoms with Gasteiger partial charge < -0.3 is 15.1 Å². The molecule has 1 aliphatic rings. The second-order valence-electron chi connectivity index (χ2n) is 5.78. The van der Waals surface area contributed by atoms with Gasteiger partial charge in [0.25, 0.3) is 0 Å². The van der Waals surface area contributed by atoms with Crippen molar-refractivity contribution in [3.05, 3.63) is 18.0 Å². The summed E-state index contributed by atoms with van der Waals surface area (Å²) in [5.41, 5.74) is 1.16. The van der Waals surface area contributed by atoms with Gasteiger partial charge in [-0.05, 0) is 18.9 Å². The molecule has 21 heavy (non-hydrogen) atoms. The minimum Gasteiger partial charge on any atom is -0.347 e. The summed E-state index contributed by atoms with van der Waals surface area (Å²) in [7, 11) is 5.25. The van der Waals surface area contributed by atoms with Crippen molar-refractivity contribution in [1.82, 2.24) is 24.9 Å². The largest absolute Gasteiger partial charge is 0.347 e. The summed E-state index contributed by atoms with van der Waals surface area (Å²) in [4.78, 5) is 27.2. The van der Waals surface area contributed by atoms with Crippen molar-refractivity contribution in [1.29, 1.82) is 0 Å². The maximum Gasteiger partial charge on any atom is 0.318 e. The molecule has 116 valence electrons. The summed E-state index contributed by atoms with van der Waals surface area (Å²) in [6.45, 7) is 3.07. The van der Waals surface area contributed by atoms with Crippen molar-refractivity contribution in [2.75, 3.05) is 27.2 Å². The van der Waals surface area contributed by atoms with E-state index in [1.807, 2.05) is 19.4 Å². The molecule has 7 heteroatoms. The van der Waals surface area contributed by atoms with Crippen LogP contribution in [-0.4, -0.2) is 64.7 Å². The Bertz CT molecular complexity index is 525. The molecule has 0 aliphatic carbocycles. The quantitative estimate of drug-likeness (QED) is 0.876. The number of likely N-dealkylation sites (N-methyl/N-ethyl adjacent to an activating group) is 1. The summed E-state index contributed by atoms with van der Waals surface area (Å²) in [6, 6.07) is -0.686. The van der Waals surface area contributed by atoms with E-state index in [0.29, 0.717) is 19.0 Å². The molecule has 1 N–H and O–H groups in total. The predicted octanol–water partition coefficient (Wildman–Crippen LogP) is 0.396. The van der Waals surface area contributed by atoms with Gasteiger partial charge in [0.1, 0.15) is 6.04 Å². The van der Waals surface area contributed by atoms with Crippen LogP contribution in [0.15, 0.2) is 12.4 Å². The number of likely N-dealkylation sites (tertiary alicyclic amines) is 1. The summed E-state index contributed by atoms with van der Waals surface area (Å²) < 4.78 is 1.77. The Hall–Kier alpha value is -2.05. The van der Waals surface area contributed by atoms with Crippen LogP contribution in [0.3, 0.4) is 0 Å². The Balaban J connectivity index is 1.89. The average molecular weight is 293 g/mol. The van der Waals surface area contributed by atoms with Gasteiger partial charge in [-0.3, -0.25) is 9.48 Å². The SMILES string of the molecule is C[C@H](NC(=O)N1CC[C@@H](c2cnn(C)c2)C1)C(=O)N(C)C. The molecule has 0 aromatic carbocycles. The molecule has 2 heterocycles. The van der Waals surface area contributed by atoms with Gasteiger partial charge in [-0.15, -0.1) is 0 Å². The number of rotatable bonds is 3. The first kappa shape index (κ1) is 15.3. The molecule has 2 rings (SSSR count). The fourth-order valence-electron chi connectivity index (χ4n) is 2.59. The predicted molar refractivity (Wildman–Crippen MR) is 78.8 cm³/mol. The number of urea groups is 1. The molecule has 1 saturated heterocycles. The molecule has 1 aromatic rings. The highest BCUT2D eigenvalue weighted by Gasteiger charge is 2.29. The van der Waals surface area contributed by atoms with Crippen LogP contribution in [0, 0.1) is 0 Å². The lowest BCUT2D eigenvalue weighted by molar-refractivity contribution is -0.130. The minimum absolute atomic E-state index is 0.105. The number of carbonyl (C=O) groups is 2. The molecule has 7 nitrogen and oxygen atoms in total. The number of aromatic nitrogens is 2. The van der Waals surface area contributed by atoms with Crippen molar-refractivity contribution in [3.8, 4) is 0 Å². The first-order valence-corrected chi connectivity index (χ1v) is 7.13. The van der Waals surface area contributed by atoms with E-state index >= 15 is 0 Å². The van der Waals surface area contributed by atoms with Crippen molar-refractivity contribution in [2.45, 2.75) is 25.3 Å². The van der Waals surface area contributed by atoms with Crippen LogP contribution in [0.25, 0.3) is 0 Å². The van der Waals surface area contributed by atoms with Gasteiger partial charge in [-0.2, -0.15) is 5.10 Å². The Labute approximate surface area is 124 Å². The van der Waals surface area contributed by atoms with Gasteiger partial charge in [0.05, 0.1) is 6.20 Å². The van der Waals surface area contributed by atoms with Crippen molar-refractivity contribution < 1.29 is 9.59 Å². The fourth-order valence-corrected chi connectivity index (χ4v) is 2.59. The highest BCUT2D eigenvalue weighted by Crippen LogP contribution is 2.26. The van der Waals surface area contributed by atoms with Crippen LogP contribution >= 0.6 is 0 Å². The lowest BCUT2D eigenvalue weighted by Gasteiger charge is -2.22. The number of carbonyl (C=O) groups excluding carboxylic acids is 2. The van der Waals surface area contributed by atoms with E-state index in [-0.39, 0.29) is 11.9 Å². The van der Waals surface area contributed by atoms with E-state index in [1.165, 1.54) is 4.90 Å². The number of amides is 3. The minimum atomic E-state index is -0.509. The molecule has 1 fully saturated rings. The molecule has 0 spiro atoms. The molecule has 1 aromatic heterocycles. The van der Waals surface area contributed by atoms with E-state index in [1.54, 1.807) is 30.6 Å². The van der Waals surface area contributed by atoms with Crippen LogP contribution in [-0.2, 0) is 11.8 Å². The third-order valence-electron chi connectivity index (χ3n) is 3.82. The third-order valence-corrected chi connectivity index (χ3v) is 3.82. The molecular weight excluding hydrogens is 270 g/mol. The number of aryl methyl sites for hydroxylation is 1. The molecule has 0 bridgehead atoms. The van der Waals surface area contributed by atoms with E-state index in [4.69, 9.17) is 0 Å². The summed E-state index contributed by atoms with van der Waals surface area (Å²) in [6.07, 6.45) is 4.77. The molecular formula is C14H23N5O2. The fraction of sp³-hybridized carbons (Fsp3) is 0.643. The normalized spacial score (nSPS) is 19.4. The van der Waals surface area contributed by atoms with Crippen LogP contribution < -0.4 is 5.32 Å². The Morgan fingerprint density at radius 3 is 2.76 bits per heavy atom. The first-order chi connectivity index (χ1) is 9.88. The lowest BCUT2D eigenvalue weighted by Crippen LogP contribution is -2.48. The number of hydrogen-bond donors (Lipinski definition) is 1. The van der Waals surface area contributed by atoms with Crippen LogP contribution in [0.1, 0.15) is 24.8 Å². The van der Waals surface area contributed by atoms with Crippen LogP contribution in [0.4, 0.5) is 4.79 Å². The molecule has 2 atom stereocenters. The second-order valence-corrected chi connectivity index (χ2v) is 5.78. The Morgan fingerprint density at radius 2 is 2.19 bits per heavy atom. The topological polar surface area (TPSA) is 70.5 Å². The zero-order chi connectivity index (χ0) is 15.6. The van der Waals surface area contributed by atoms with E-state index < -0.39 is 6.04 Å². The zero-order valence-corrected chi connectivity index (χ0v) is 13.0. The van der Waals surface area contributed by atoms with E-state index in [2.05, 4.69) is 10.4 Å². The van der Waals surface area contributed by atoms with Crippen LogP contribution in [0.2, 0.25) is 0 Å². The van der Waals surface area contributed by atoms with Gasteiger partial charge >= 0.3 is 6.03 Å². The summed E-state index contributed by atoms with van der Waals surface area (Å²) in [5.74, 6) is 0.218. The average Bonchev–Trinajstić information content (AvgIpc) is 3.05. The molecule has 0 unspecified atom stereocenters. The van der Waals surface area contributed by atoms with Gasteiger partial charge in [-0.1, -0.05) is 0 Å². The standard InChI is InChI=1S/C14H23N5O2/c1-10(13(20)17(2)3)16-14(21)19-6-5-11(9-19)12-7-15-18(4)8-12/h7-8,10-11H,5-6,9H2,1-4H3,(H,16,21)/t10-,11+/m0/s1. The lowest BCUT2D eigenvalue weighted by atomic mass is 10.0. The first-order valence-electron chi connectivity index (χ1n) is 7.13. The van der Waals surface area contributed by atoms with Crippen molar-refractivity contribution in [3.63, 3.8) is 0 Å². The maximum atomic E-state index is 12.2. The highest BCUT2D eigenvalue weighted by molar-refractivity contribution is 5.86. The summed E-state index contributed by atoms with van der Waals surface area (Å²) >= 11 is 0. The zero-order valence-electron chi connectivity index (χ0n) is 13.0. The van der Waals surface area contributed by atoms with E-state index in [0.717, 1.165) is 12.0 Å². The monoisotopic (exact) mass is 293 g/mol. The highest BCUT2D eigenvalue weighted by atomic mass is 16.2. The molecule has 0 saturated carbocycles. The van der Waals surface area contributed by atoms with Gasteiger partial charge in [-0.25, -0.2) is 4.79 Å². The maximum absolute atomic E-state index is 12.2. The van der Waals surface area contributed by atoms with Crippen molar-refractivity contribution in [2.24, 2.45) is 7.05 Å². The van der Waals surface area contributed by atoms with Gasteiger partial charge in [0, 0.05) is 46.3 Å². The smallest absolute Gasteiger partial charge is 0.318 e. The Kier molecular flexibility index (Phi) is 4.50.